The molecule has 0 aliphatic rings. The van der Waals surface area contributed by atoms with E-state index in [4.69, 9.17) is 11.6 Å². The van der Waals surface area contributed by atoms with Crippen LogP contribution in [0.25, 0.3) is 0 Å². The number of amides is 2. The molecule has 0 aliphatic carbocycles. The summed E-state index contributed by atoms with van der Waals surface area (Å²) in [6.45, 7) is 2.24. The molecule has 0 radical (unpaired) electrons. The number of phenols is 1. The van der Waals surface area contributed by atoms with Crippen LogP contribution in [0.15, 0.2) is 42.5 Å². The largest absolute Gasteiger partial charge is 0.506 e. The molecule has 0 fully saturated rings. The lowest BCUT2D eigenvalue weighted by atomic mass is 10.2. The molecule has 0 aromatic heterocycles. The van der Waals surface area contributed by atoms with Crippen LogP contribution in [0.5, 0.6) is 5.75 Å². The highest BCUT2D eigenvalue weighted by molar-refractivity contribution is 6.30. The first-order chi connectivity index (χ1) is 9.54. The van der Waals surface area contributed by atoms with Crippen molar-refractivity contribution in [3.05, 3.63) is 58.6 Å². The van der Waals surface area contributed by atoms with Crippen molar-refractivity contribution in [2.75, 3.05) is 5.32 Å². The van der Waals surface area contributed by atoms with Crippen molar-refractivity contribution in [1.29, 1.82) is 0 Å². The third-order valence-corrected chi connectivity index (χ3v) is 2.98. The molecule has 0 heterocycles. The quantitative estimate of drug-likeness (QED) is 0.755. The number of hydrogen-bond acceptors (Lipinski definition) is 2. The fourth-order valence-corrected chi connectivity index (χ4v) is 1.96. The number of carbonyl (C=O) groups excluding carboxylic acids is 1. The first-order valence-electron chi connectivity index (χ1n) is 6.13. The van der Waals surface area contributed by atoms with Crippen LogP contribution < -0.4 is 10.6 Å². The molecule has 104 valence electrons. The number of aryl methyl sites for hydroxylation is 1. The van der Waals surface area contributed by atoms with Crippen molar-refractivity contribution < 1.29 is 9.90 Å². The molecule has 0 bridgehead atoms. The van der Waals surface area contributed by atoms with E-state index in [0.29, 0.717) is 17.3 Å². The smallest absolute Gasteiger partial charge is 0.319 e. The third-order valence-electron chi connectivity index (χ3n) is 2.74. The molecule has 0 atom stereocenters. The van der Waals surface area contributed by atoms with Crippen LogP contribution in [0.3, 0.4) is 0 Å². The number of benzene rings is 2. The minimum absolute atomic E-state index is 0.0357. The molecule has 0 spiro atoms. The van der Waals surface area contributed by atoms with E-state index in [1.165, 1.54) is 0 Å². The molecule has 5 heteroatoms. The fraction of sp³-hybridized carbons (Fsp3) is 0.133. The van der Waals surface area contributed by atoms with E-state index in [0.717, 1.165) is 11.1 Å². The van der Waals surface area contributed by atoms with Gasteiger partial charge < -0.3 is 15.7 Å². The van der Waals surface area contributed by atoms with Gasteiger partial charge in [-0.3, -0.25) is 0 Å². The second-order valence-corrected chi connectivity index (χ2v) is 4.89. The van der Waals surface area contributed by atoms with Gasteiger partial charge in [0.15, 0.2) is 0 Å². The van der Waals surface area contributed by atoms with Gasteiger partial charge in [0.2, 0.25) is 0 Å². The van der Waals surface area contributed by atoms with Crippen LogP contribution in [0.1, 0.15) is 11.1 Å². The Morgan fingerprint density at radius 2 is 2.05 bits per heavy atom. The summed E-state index contributed by atoms with van der Waals surface area (Å²) in [6, 6.07) is 11.9. The Kier molecular flexibility index (Phi) is 4.48. The minimum Gasteiger partial charge on any atom is -0.506 e. The number of halogens is 1. The second-order valence-electron chi connectivity index (χ2n) is 4.46. The van der Waals surface area contributed by atoms with E-state index in [-0.39, 0.29) is 11.8 Å². The zero-order valence-corrected chi connectivity index (χ0v) is 11.7. The maximum Gasteiger partial charge on any atom is 0.319 e. The standard InChI is InChI=1S/C15H15ClN2O2/c1-10-5-6-14(19)13(7-10)18-15(20)17-9-11-3-2-4-12(16)8-11/h2-8,19H,9H2,1H3,(H2,17,18,20). The van der Waals surface area contributed by atoms with Crippen molar-refractivity contribution in [3.63, 3.8) is 0 Å². The SMILES string of the molecule is Cc1ccc(O)c(NC(=O)NCc2cccc(Cl)c2)c1. The monoisotopic (exact) mass is 290 g/mol. The molecule has 20 heavy (non-hydrogen) atoms. The van der Waals surface area contributed by atoms with Gasteiger partial charge in [0, 0.05) is 11.6 Å². The molecule has 2 rings (SSSR count). The van der Waals surface area contributed by atoms with Gasteiger partial charge in [-0.15, -0.1) is 0 Å². The number of hydrogen-bond donors (Lipinski definition) is 3. The van der Waals surface area contributed by atoms with Gasteiger partial charge >= 0.3 is 6.03 Å². The van der Waals surface area contributed by atoms with Crippen LogP contribution in [-0.4, -0.2) is 11.1 Å². The summed E-state index contributed by atoms with van der Waals surface area (Å²) in [7, 11) is 0. The Hall–Kier alpha value is -2.20. The lowest BCUT2D eigenvalue weighted by Crippen LogP contribution is -2.28. The van der Waals surface area contributed by atoms with Crippen molar-refractivity contribution >= 4 is 23.3 Å². The Balaban J connectivity index is 1.94. The molecule has 0 aliphatic heterocycles. The van der Waals surface area contributed by atoms with E-state index < -0.39 is 0 Å². The minimum atomic E-state index is -0.383. The van der Waals surface area contributed by atoms with Crippen molar-refractivity contribution in [2.24, 2.45) is 0 Å². The Morgan fingerprint density at radius 3 is 2.80 bits per heavy atom. The number of anilines is 1. The molecule has 3 N–H and O–H groups in total. The molecule has 0 saturated heterocycles. The number of carbonyl (C=O) groups is 1. The van der Waals surface area contributed by atoms with Crippen molar-refractivity contribution in [2.45, 2.75) is 13.5 Å². The summed E-state index contributed by atoms with van der Waals surface area (Å²) in [4.78, 5) is 11.8. The average molecular weight is 291 g/mol. The number of phenolic OH excluding ortho intramolecular Hbond substituents is 1. The highest BCUT2D eigenvalue weighted by atomic mass is 35.5. The molecule has 4 nitrogen and oxygen atoms in total. The zero-order valence-electron chi connectivity index (χ0n) is 11.0. The number of nitrogens with one attached hydrogen (secondary N) is 2. The van der Waals surface area contributed by atoms with Gasteiger partial charge in [-0.25, -0.2) is 4.79 Å². The molecule has 0 unspecified atom stereocenters. The number of urea groups is 1. The Labute approximate surface area is 122 Å². The normalized spacial score (nSPS) is 10.1. The van der Waals surface area contributed by atoms with Crippen LogP contribution in [0.2, 0.25) is 5.02 Å². The van der Waals surface area contributed by atoms with E-state index in [2.05, 4.69) is 10.6 Å². The van der Waals surface area contributed by atoms with Gasteiger partial charge in [0.05, 0.1) is 5.69 Å². The van der Waals surface area contributed by atoms with Gasteiger partial charge in [0.25, 0.3) is 0 Å². The summed E-state index contributed by atoms with van der Waals surface area (Å²) in [5.74, 6) is 0.0357. The number of aromatic hydroxyl groups is 1. The van der Waals surface area contributed by atoms with Crippen molar-refractivity contribution in [1.82, 2.24) is 5.32 Å². The Morgan fingerprint density at radius 1 is 1.25 bits per heavy atom. The van der Waals surface area contributed by atoms with Crippen LogP contribution in [0.4, 0.5) is 10.5 Å². The molecular formula is C15H15ClN2O2. The summed E-state index contributed by atoms with van der Waals surface area (Å²) >= 11 is 5.87. The van der Waals surface area contributed by atoms with Crippen LogP contribution >= 0.6 is 11.6 Å². The average Bonchev–Trinajstić information content (AvgIpc) is 2.41. The Bertz CT molecular complexity index is 629. The predicted molar refractivity (Wildman–Crippen MR) is 80.2 cm³/mol. The van der Waals surface area contributed by atoms with Gasteiger partial charge in [-0.2, -0.15) is 0 Å². The maximum absolute atomic E-state index is 11.8. The highest BCUT2D eigenvalue weighted by Crippen LogP contribution is 2.23. The van der Waals surface area contributed by atoms with Gasteiger partial charge in [-0.1, -0.05) is 29.8 Å². The summed E-state index contributed by atoms with van der Waals surface area (Å²) < 4.78 is 0. The van der Waals surface area contributed by atoms with Crippen LogP contribution in [-0.2, 0) is 6.54 Å². The number of rotatable bonds is 3. The lowest BCUT2D eigenvalue weighted by Gasteiger charge is -2.10. The lowest BCUT2D eigenvalue weighted by molar-refractivity contribution is 0.251. The first-order valence-corrected chi connectivity index (χ1v) is 6.51. The highest BCUT2D eigenvalue weighted by Gasteiger charge is 2.06. The van der Waals surface area contributed by atoms with Gasteiger partial charge in [0.1, 0.15) is 5.75 Å². The van der Waals surface area contributed by atoms with E-state index in [9.17, 15) is 9.90 Å². The van der Waals surface area contributed by atoms with E-state index in [1.807, 2.05) is 19.1 Å². The predicted octanol–water partition coefficient (Wildman–Crippen LogP) is 3.68. The van der Waals surface area contributed by atoms with E-state index >= 15 is 0 Å². The summed E-state index contributed by atoms with van der Waals surface area (Å²) in [6.07, 6.45) is 0. The third kappa shape index (κ3) is 3.90. The first kappa shape index (κ1) is 14.2. The van der Waals surface area contributed by atoms with Gasteiger partial charge in [-0.05, 0) is 42.3 Å². The second kappa shape index (κ2) is 6.30. The molecule has 0 saturated carbocycles. The molecular weight excluding hydrogens is 276 g/mol. The maximum atomic E-state index is 11.8. The molecule has 2 amide bonds. The summed E-state index contributed by atoms with van der Waals surface area (Å²) in [5.41, 5.74) is 2.24. The zero-order chi connectivity index (χ0) is 14.5. The van der Waals surface area contributed by atoms with E-state index in [1.54, 1.807) is 30.3 Å². The summed E-state index contributed by atoms with van der Waals surface area (Å²) in [5, 5.41) is 15.6. The van der Waals surface area contributed by atoms with Crippen LogP contribution in [0, 0.1) is 6.92 Å². The topological polar surface area (TPSA) is 61.4 Å². The molecule has 2 aromatic rings. The van der Waals surface area contributed by atoms with Crippen molar-refractivity contribution in [3.8, 4) is 5.75 Å². The molecule has 2 aromatic carbocycles. The fourth-order valence-electron chi connectivity index (χ4n) is 1.75.